The minimum atomic E-state index is -0.00361. The highest BCUT2D eigenvalue weighted by Crippen LogP contribution is 2.38. The van der Waals surface area contributed by atoms with E-state index in [-0.39, 0.29) is 11.5 Å². The van der Waals surface area contributed by atoms with E-state index < -0.39 is 0 Å². The van der Waals surface area contributed by atoms with Gasteiger partial charge >= 0.3 is 0 Å². The quantitative estimate of drug-likeness (QED) is 0.625. The van der Waals surface area contributed by atoms with E-state index in [2.05, 4.69) is 26.2 Å². The second kappa shape index (κ2) is 6.07. The zero-order valence-corrected chi connectivity index (χ0v) is 11.9. The van der Waals surface area contributed by atoms with Gasteiger partial charge in [-0.05, 0) is 24.0 Å². The normalized spacial score (nSPS) is 13.2. The van der Waals surface area contributed by atoms with E-state index in [0.29, 0.717) is 0 Å². The number of hydrogen-bond acceptors (Lipinski definition) is 4. The van der Waals surface area contributed by atoms with E-state index >= 15 is 0 Å². The molecule has 4 nitrogen and oxygen atoms in total. The molecule has 1 aromatic rings. The zero-order chi connectivity index (χ0) is 13.8. The molecule has 1 rings (SSSR count). The van der Waals surface area contributed by atoms with E-state index in [1.54, 1.807) is 14.2 Å². The van der Waals surface area contributed by atoms with Crippen LogP contribution in [0.15, 0.2) is 18.2 Å². The highest BCUT2D eigenvalue weighted by Gasteiger charge is 2.24. The van der Waals surface area contributed by atoms with Crippen LogP contribution in [0.3, 0.4) is 0 Å². The van der Waals surface area contributed by atoms with Gasteiger partial charge in [0.1, 0.15) is 11.5 Å². The van der Waals surface area contributed by atoms with Gasteiger partial charge in [0.2, 0.25) is 0 Å². The van der Waals surface area contributed by atoms with Crippen molar-refractivity contribution < 1.29 is 9.47 Å². The minimum absolute atomic E-state index is 0.00361. The highest BCUT2D eigenvalue weighted by molar-refractivity contribution is 5.47. The molecule has 3 N–H and O–H groups in total. The Morgan fingerprint density at radius 3 is 2.00 bits per heavy atom. The van der Waals surface area contributed by atoms with E-state index in [1.807, 2.05) is 18.2 Å². The number of nitrogens with one attached hydrogen (secondary N) is 1. The number of benzene rings is 1. The maximum Gasteiger partial charge on any atom is 0.127 e. The van der Waals surface area contributed by atoms with E-state index in [4.69, 9.17) is 15.3 Å². The predicted molar refractivity (Wildman–Crippen MR) is 73.7 cm³/mol. The van der Waals surface area contributed by atoms with E-state index in [0.717, 1.165) is 23.5 Å². The first-order valence-corrected chi connectivity index (χ1v) is 6.10. The summed E-state index contributed by atoms with van der Waals surface area (Å²) in [5, 5.41) is 0. The molecule has 0 aliphatic heterocycles. The van der Waals surface area contributed by atoms with Gasteiger partial charge in [0.05, 0.1) is 25.8 Å². The molecule has 0 spiro atoms. The van der Waals surface area contributed by atoms with Crippen molar-refractivity contribution in [1.29, 1.82) is 0 Å². The molecule has 0 saturated carbocycles. The smallest absolute Gasteiger partial charge is 0.127 e. The summed E-state index contributed by atoms with van der Waals surface area (Å²) in [7, 11) is 3.31. The lowest BCUT2D eigenvalue weighted by Gasteiger charge is -2.28. The van der Waals surface area contributed by atoms with Crippen molar-refractivity contribution in [2.75, 3.05) is 14.2 Å². The van der Waals surface area contributed by atoms with Crippen molar-refractivity contribution in [3.63, 3.8) is 0 Å². The molecule has 0 amide bonds. The molecule has 1 atom stereocenters. The van der Waals surface area contributed by atoms with Gasteiger partial charge in [-0.1, -0.05) is 26.8 Å². The Bertz CT molecular complexity index is 364. The van der Waals surface area contributed by atoms with Crippen LogP contribution in [0.5, 0.6) is 11.5 Å². The van der Waals surface area contributed by atoms with Crippen LogP contribution in [0.2, 0.25) is 0 Å². The molecule has 0 aromatic heterocycles. The first-order chi connectivity index (χ1) is 8.42. The molecule has 0 bridgehead atoms. The fourth-order valence-electron chi connectivity index (χ4n) is 2.08. The fourth-order valence-corrected chi connectivity index (χ4v) is 2.08. The molecular formula is C14H24N2O2. The highest BCUT2D eigenvalue weighted by atomic mass is 16.5. The van der Waals surface area contributed by atoms with Crippen LogP contribution in [0.1, 0.15) is 38.8 Å². The Balaban J connectivity index is 3.18. The van der Waals surface area contributed by atoms with Gasteiger partial charge in [0, 0.05) is 0 Å². The van der Waals surface area contributed by atoms with Crippen molar-refractivity contribution in [1.82, 2.24) is 5.43 Å². The van der Waals surface area contributed by atoms with Crippen LogP contribution in [0, 0.1) is 5.41 Å². The molecule has 0 aliphatic rings. The standard InChI is InChI=1S/C14H24N2O2/c1-14(2,3)9-10(16-15)13-11(17-4)7-6-8-12(13)18-5/h6-8,10,16H,9,15H2,1-5H3. The summed E-state index contributed by atoms with van der Waals surface area (Å²) in [4.78, 5) is 0. The monoisotopic (exact) mass is 252 g/mol. The van der Waals surface area contributed by atoms with Gasteiger partial charge in [-0.25, -0.2) is 0 Å². The summed E-state index contributed by atoms with van der Waals surface area (Å²) in [5.41, 5.74) is 3.99. The zero-order valence-electron chi connectivity index (χ0n) is 11.9. The maximum atomic E-state index is 5.70. The predicted octanol–water partition coefficient (Wildman–Crippen LogP) is 2.64. The molecule has 0 radical (unpaired) electrons. The minimum Gasteiger partial charge on any atom is -0.496 e. The molecule has 0 saturated heterocycles. The number of hydrazine groups is 1. The summed E-state index contributed by atoms with van der Waals surface area (Å²) in [6, 6.07) is 5.75. The third-order valence-electron chi connectivity index (χ3n) is 2.83. The van der Waals surface area contributed by atoms with Crippen LogP contribution in [0.25, 0.3) is 0 Å². The van der Waals surface area contributed by atoms with Crippen LogP contribution < -0.4 is 20.7 Å². The molecule has 0 aliphatic carbocycles. The summed E-state index contributed by atoms with van der Waals surface area (Å²) >= 11 is 0. The van der Waals surface area contributed by atoms with Gasteiger partial charge in [-0.15, -0.1) is 0 Å². The van der Waals surface area contributed by atoms with Crippen LogP contribution in [-0.2, 0) is 0 Å². The number of ether oxygens (including phenoxy) is 2. The molecule has 18 heavy (non-hydrogen) atoms. The van der Waals surface area contributed by atoms with Gasteiger partial charge in [-0.3, -0.25) is 11.3 Å². The molecule has 0 fully saturated rings. The lowest BCUT2D eigenvalue weighted by atomic mass is 9.85. The molecule has 102 valence electrons. The van der Waals surface area contributed by atoms with Crippen LogP contribution in [-0.4, -0.2) is 14.2 Å². The fraction of sp³-hybridized carbons (Fsp3) is 0.571. The average molecular weight is 252 g/mol. The number of nitrogens with two attached hydrogens (primary N) is 1. The largest absolute Gasteiger partial charge is 0.496 e. The van der Waals surface area contributed by atoms with Crippen LogP contribution in [0.4, 0.5) is 0 Å². The molecule has 4 heteroatoms. The summed E-state index contributed by atoms with van der Waals surface area (Å²) in [5.74, 6) is 7.28. The second-order valence-corrected chi connectivity index (χ2v) is 5.56. The topological polar surface area (TPSA) is 56.5 Å². The summed E-state index contributed by atoms with van der Waals surface area (Å²) in [6.07, 6.45) is 0.889. The third-order valence-corrected chi connectivity index (χ3v) is 2.83. The number of rotatable bonds is 5. The number of methoxy groups -OCH3 is 2. The van der Waals surface area contributed by atoms with Gasteiger partial charge in [-0.2, -0.15) is 0 Å². The Labute approximate surface area is 109 Å². The third kappa shape index (κ3) is 3.62. The first kappa shape index (κ1) is 14.8. The lowest BCUT2D eigenvalue weighted by molar-refractivity contribution is 0.297. The molecule has 0 heterocycles. The van der Waals surface area contributed by atoms with Gasteiger partial charge < -0.3 is 9.47 Å². The Morgan fingerprint density at radius 2 is 1.67 bits per heavy atom. The van der Waals surface area contributed by atoms with Crippen molar-refractivity contribution >= 4 is 0 Å². The lowest BCUT2D eigenvalue weighted by Crippen LogP contribution is -2.31. The number of hydrogen-bond donors (Lipinski definition) is 2. The van der Waals surface area contributed by atoms with Crippen molar-refractivity contribution in [2.24, 2.45) is 11.3 Å². The average Bonchev–Trinajstić information content (AvgIpc) is 2.33. The summed E-state index contributed by atoms with van der Waals surface area (Å²) < 4.78 is 10.8. The Morgan fingerprint density at radius 1 is 1.17 bits per heavy atom. The summed E-state index contributed by atoms with van der Waals surface area (Å²) in [6.45, 7) is 6.54. The Hall–Kier alpha value is -1.26. The second-order valence-electron chi connectivity index (χ2n) is 5.56. The van der Waals surface area contributed by atoms with Gasteiger partial charge in [0.15, 0.2) is 0 Å². The van der Waals surface area contributed by atoms with Crippen LogP contribution >= 0.6 is 0 Å². The van der Waals surface area contributed by atoms with E-state index in [1.165, 1.54) is 0 Å². The SMILES string of the molecule is COc1cccc(OC)c1C(CC(C)(C)C)NN. The van der Waals surface area contributed by atoms with Crippen molar-refractivity contribution in [2.45, 2.75) is 33.2 Å². The van der Waals surface area contributed by atoms with E-state index in [9.17, 15) is 0 Å². The van der Waals surface area contributed by atoms with Gasteiger partial charge in [0.25, 0.3) is 0 Å². The molecular weight excluding hydrogens is 228 g/mol. The van der Waals surface area contributed by atoms with Crippen molar-refractivity contribution in [3.8, 4) is 11.5 Å². The maximum absolute atomic E-state index is 5.70. The first-order valence-electron chi connectivity index (χ1n) is 6.10. The molecule has 1 unspecified atom stereocenters. The Kier molecular flexibility index (Phi) is 4.99. The molecule has 1 aromatic carbocycles. The van der Waals surface area contributed by atoms with Crippen molar-refractivity contribution in [3.05, 3.63) is 23.8 Å².